The lowest BCUT2D eigenvalue weighted by Crippen LogP contribution is -2.53. The number of Topliss-reactive ketones (excluding diaryl/α,β-unsaturated/α-hetero) is 1. The molecule has 0 bridgehead atoms. The highest BCUT2D eigenvalue weighted by molar-refractivity contribution is 8.04. The predicted octanol–water partition coefficient (Wildman–Crippen LogP) is 1.42. The summed E-state index contributed by atoms with van der Waals surface area (Å²) in [6, 6.07) is 4.84. The van der Waals surface area contributed by atoms with Gasteiger partial charge < -0.3 is 15.0 Å². The van der Waals surface area contributed by atoms with Crippen LogP contribution in [-0.2, 0) is 19.6 Å². The van der Waals surface area contributed by atoms with Crippen molar-refractivity contribution in [1.82, 2.24) is 19.5 Å². The summed E-state index contributed by atoms with van der Waals surface area (Å²) in [5.41, 5.74) is -0.245. The van der Waals surface area contributed by atoms with Crippen LogP contribution in [-0.4, -0.2) is 76.7 Å². The molecule has 1 N–H and O–H groups in total. The van der Waals surface area contributed by atoms with Crippen LogP contribution in [0.25, 0.3) is 0 Å². The van der Waals surface area contributed by atoms with Crippen LogP contribution in [0.5, 0.6) is 5.06 Å². The smallest absolute Gasteiger partial charge is 0.399 e. The number of sulfonamides is 1. The first-order chi connectivity index (χ1) is 16.7. The van der Waals surface area contributed by atoms with Crippen molar-refractivity contribution < 1.29 is 32.3 Å². The molecule has 35 heavy (non-hydrogen) atoms. The number of nitrogens with one attached hydrogen (secondary N) is 1. The number of amides is 2. The normalized spacial score (nSPS) is 20.9. The molecule has 2 aliphatic heterocycles. The van der Waals surface area contributed by atoms with Gasteiger partial charge in [0.2, 0.25) is 5.91 Å². The minimum Gasteiger partial charge on any atom is -0.399 e. The summed E-state index contributed by atoms with van der Waals surface area (Å²) in [6.07, 6.45) is 1.58. The molecular weight excluding hydrogens is 496 g/mol. The standard InChI is InChI=1S/C22H24N4O7S2/c1-2-6-14(24-22(30)33-18-8-5-12-34-18)20(28)25-11-9-16-19(25)17(27)13-26(16)35(31,32)21(29)15-7-3-4-10-23-15/h3-5,7-8,10,12,14,16,19H,2,6,9,11,13H2,1H3,(H,24,30). The van der Waals surface area contributed by atoms with E-state index >= 15 is 0 Å². The molecule has 2 aromatic heterocycles. The second-order valence-electron chi connectivity index (χ2n) is 8.16. The number of aromatic nitrogens is 1. The lowest BCUT2D eigenvalue weighted by molar-refractivity contribution is -0.138. The third-order valence-corrected chi connectivity index (χ3v) is 8.37. The van der Waals surface area contributed by atoms with Crippen molar-refractivity contribution in [2.45, 2.75) is 44.3 Å². The van der Waals surface area contributed by atoms with Crippen molar-refractivity contribution in [3.05, 3.63) is 47.6 Å². The molecule has 0 spiro atoms. The molecule has 2 fully saturated rings. The first-order valence-electron chi connectivity index (χ1n) is 11.1. The van der Waals surface area contributed by atoms with E-state index in [1.54, 1.807) is 23.6 Å². The molecule has 4 heterocycles. The number of nitrogens with zero attached hydrogens (tertiary/aromatic N) is 3. The summed E-state index contributed by atoms with van der Waals surface area (Å²) in [6.45, 7) is 1.45. The van der Waals surface area contributed by atoms with Crippen molar-refractivity contribution in [3.63, 3.8) is 0 Å². The van der Waals surface area contributed by atoms with E-state index in [2.05, 4.69) is 10.3 Å². The van der Waals surface area contributed by atoms with E-state index in [9.17, 15) is 27.6 Å². The Morgan fingerprint density at radius 3 is 2.71 bits per heavy atom. The zero-order valence-electron chi connectivity index (χ0n) is 18.8. The number of pyridine rings is 1. The second kappa shape index (κ2) is 10.2. The monoisotopic (exact) mass is 520 g/mol. The number of thiophene rings is 1. The van der Waals surface area contributed by atoms with Crippen molar-refractivity contribution in [2.75, 3.05) is 13.1 Å². The summed E-state index contributed by atoms with van der Waals surface area (Å²) in [5.74, 6) is -0.971. The molecule has 2 aromatic rings. The molecule has 0 aliphatic carbocycles. The molecule has 2 aliphatic rings. The van der Waals surface area contributed by atoms with Gasteiger partial charge in [-0.2, -0.15) is 4.31 Å². The van der Waals surface area contributed by atoms with Gasteiger partial charge in [-0.15, -0.1) is 11.3 Å². The quantitative estimate of drug-likeness (QED) is 0.578. The Labute approximate surface area is 206 Å². The van der Waals surface area contributed by atoms with E-state index in [1.165, 1.54) is 34.6 Å². The summed E-state index contributed by atoms with van der Waals surface area (Å²) in [5, 5.41) is 3.47. The number of carbonyl (C=O) groups is 4. The summed E-state index contributed by atoms with van der Waals surface area (Å²) in [7, 11) is -4.52. The van der Waals surface area contributed by atoms with Crippen LogP contribution >= 0.6 is 11.3 Å². The van der Waals surface area contributed by atoms with E-state index < -0.39 is 57.6 Å². The molecule has 0 aromatic carbocycles. The largest absolute Gasteiger partial charge is 0.414 e. The molecular formula is C22H24N4O7S2. The Bertz CT molecular complexity index is 1220. The molecule has 2 amide bonds. The van der Waals surface area contributed by atoms with Crippen molar-refractivity contribution >= 4 is 44.3 Å². The third-order valence-electron chi connectivity index (χ3n) is 5.93. The van der Waals surface area contributed by atoms with Crippen LogP contribution < -0.4 is 10.1 Å². The predicted molar refractivity (Wildman–Crippen MR) is 125 cm³/mol. The lowest BCUT2D eigenvalue weighted by atomic mass is 10.1. The Hall–Kier alpha value is -3.16. The van der Waals surface area contributed by atoms with E-state index in [0.717, 1.165) is 4.31 Å². The number of ether oxygens (including phenoxy) is 1. The first kappa shape index (κ1) is 24.9. The van der Waals surface area contributed by atoms with Gasteiger partial charge in [-0.25, -0.2) is 13.2 Å². The van der Waals surface area contributed by atoms with Crippen molar-refractivity contribution in [2.24, 2.45) is 0 Å². The fourth-order valence-electron chi connectivity index (χ4n) is 4.39. The molecule has 4 rings (SSSR count). The van der Waals surface area contributed by atoms with Crippen molar-refractivity contribution in [3.8, 4) is 5.06 Å². The van der Waals surface area contributed by atoms with Gasteiger partial charge in [0.1, 0.15) is 17.8 Å². The number of hydrogen-bond donors (Lipinski definition) is 1. The zero-order chi connectivity index (χ0) is 25.2. The maximum absolute atomic E-state index is 13.3. The minimum atomic E-state index is -4.52. The van der Waals surface area contributed by atoms with Gasteiger partial charge >= 0.3 is 11.2 Å². The molecule has 2 saturated heterocycles. The number of ketones is 1. The van der Waals surface area contributed by atoms with Crippen LogP contribution in [0.3, 0.4) is 0 Å². The third kappa shape index (κ3) is 4.97. The Morgan fingerprint density at radius 1 is 1.26 bits per heavy atom. The molecule has 3 atom stereocenters. The maximum atomic E-state index is 13.3. The number of hydrogen-bond acceptors (Lipinski definition) is 9. The number of fused-ring (bicyclic) bond motifs is 1. The fraction of sp³-hybridized carbons (Fsp3) is 0.409. The second-order valence-corrected chi connectivity index (χ2v) is 10.9. The topological polar surface area (TPSA) is 143 Å². The molecule has 0 saturated carbocycles. The van der Waals surface area contributed by atoms with Gasteiger partial charge in [0.05, 0.1) is 12.6 Å². The van der Waals surface area contributed by atoms with Gasteiger partial charge in [-0.05, 0) is 42.5 Å². The average molecular weight is 521 g/mol. The highest BCUT2D eigenvalue weighted by Crippen LogP contribution is 2.33. The number of likely N-dealkylation sites (tertiary alicyclic amines) is 1. The van der Waals surface area contributed by atoms with Gasteiger partial charge in [-0.3, -0.25) is 19.4 Å². The molecule has 0 radical (unpaired) electrons. The number of rotatable bonds is 7. The van der Waals surface area contributed by atoms with Gasteiger partial charge in [0.15, 0.2) is 10.8 Å². The van der Waals surface area contributed by atoms with Crippen LogP contribution in [0.4, 0.5) is 4.79 Å². The number of carbonyl (C=O) groups excluding carboxylic acids is 4. The Balaban J connectivity index is 1.49. The zero-order valence-corrected chi connectivity index (χ0v) is 20.5. The van der Waals surface area contributed by atoms with Gasteiger partial charge in [-0.1, -0.05) is 19.4 Å². The van der Waals surface area contributed by atoms with E-state index in [0.29, 0.717) is 17.9 Å². The molecule has 11 nitrogen and oxygen atoms in total. The van der Waals surface area contributed by atoms with Gasteiger partial charge in [0, 0.05) is 12.7 Å². The van der Waals surface area contributed by atoms with Gasteiger partial charge in [0.25, 0.3) is 10.0 Å². The highest BCUT2D eigenvalue weighted by atomic mass is 32.2. The Kier molecular flexibility index (Phi) is 7.28. The average Bonchev–Trinajstić information content (AvgIpc) is 3.57. The van der Waals surface area contributed by atoms with E-state index in [-0.39, 0.29) is 18.7 Å². The molecule has 186 valence electrons. The summed E-state index contributed by atoms with van der Waals surface area (Å²) >= 11 is 1.22. The van der Waals surface area contributed by atoms with Crippen LogP contribution in [0.15, 0.2) is 41.9 Å². The summed E-state index contributed by atoms with van der Waals surface area (Å²) < 4.78 is 32.1. The molecule has 3 unspecified atom stereocenters. The molecule has 13 heteroatoms. The first-order valence-corrected chi connectivity index (χ1v) is 13.4. The van der Waals surface area contributed by atoms with E-state index in [1.807, 2.05) is 6.92 Å². The maximum Gasteiger partial charge on any atom is 0.414 e. The van der Waals surface area contributed by atoms with Crippen LogP contribution in [0.2, 0.25) is 0 Å². The summed E-state index contributed by atoms with van der Waals surface area (Å²) in [4.78, 5) is 56.3. The minimum absolute atomic E-state index is 0.117. The lowest BCUT2D eigenvalue weighted by Gasteiger charge is -2.27. The fourth-order valence-corrected chi connectivity index (χ4v) is 6.44. The highest BCUT2D eigenvalue weighted by Gasteiger charge is 2.55. The SMILES string of the molecule is CCCC(NC(=O)Oc1cccs1)C(=O)N1CCC2C1C(=O)CN2S(=O)(=O)C(=O)c1ccccn1. The Morgan fingerprint density at radius 2 is 2.06 bits per heavy atom. The van der Waals surface area contributed by atoms with Crippen LogP contribution in [0.1, 0.15) is 36.7 Å². The van der Waals surface area contributed by atoms with Crippen LogP contribution in [0, 0.1) is 0 Å². The van der Waals surface area contributed by atoms with Crippen molar-refractivity contribution in [1.29, 1.82) is 0 Å². The van der Waals surface area contributed by atoms with E-state index in [4.69, 9.17) is 4.74 Å².